The number of hydrogen-bond donors (Lipinski definition) is 1. The molecule has 2 aromatic carbocycles. The SMILES string of the molecule is Cc1cccc(CCC(C)(C)[S+](N)[O-])c1Sc1ccccc1C=O. The van der Waals surface area contributed by atoms with Gasteiger partial charge in [0.1, 0.15) is 4.75 Å². The van der Waals surface area contributed by atoms with Crippen LogP contribution in [0.2, 0.25) is 0 Å². The molecule has 0 radical (unpaired) electrons. The van der Waals surface area contributed by atoms with Crippen molar-refractivity contribution < 1.29 is 9.35 Å². The van der Waals surface area contributed by atoms with Crippen molar-refractivity contribution in [3.8, 4) is 0 Å². The second-order valence-corrected chi connectivity index (χ2v) is 9.13. The van der Waals surface area contributed by atoms with E-state index in [1.807, 2.05) is 44.2 Å². The zero-order valence-corrected chi connectivity index (χ0v) is 15.9. The summed E-state index contributed by atoms with van der Waals surface area (Å²) in [6.45, 7) is 5.92. The van der Waals surface area contributed by atoms with E-state index in [0.29, 0.717) is 5.56 Å². The fourth-order valence-corrected chi connectivity index (χ4v) is 3.81. The summed E-state index contributed by atoms with van der Waals surface area (Å²) in [7, 11) is 0. The topological polar surface area (TPSA) is 66.2 Å². The number of benzene rings is 2. The van der Waals surface area contributed by atoms with Gasteiger partial charge in [0.15, 0.2) is 6.29 Å². The second-order valence-electron chi connectivity index (χ2n) is 6.38. The molecular weight excluding hydrogens is 338 g/mol. The molecule has 0 saturated heterocycles. The van der Waals surface area contributed by atoms with Gasteiger partial charge in [0.05, 0.1) is 0 Å². The number of rotatable bonds is 7. The van der Waals surface area contributed by atoms with E-state index in [0.717, 1.165) is 28.9 Å². The summed E-state index contributed by atoms with van der Waals surface area (Å²) in [5, 5.41) is 5.59. The van der Waals surface area contributed by atoms with Gasteiger partial charge in [-0.2, -0.15) is 5.14 Å². The lowest BCUT2D eigenvalue weighted by atomic mass is 10.0. The molecule has 0 aliphatic rings. The average Bonchev–Trinajstić information content (AvgIpc) is 2.55. The van der Waals surface area contributed by atoms with E-state index in [1.54, 1.807) is 11.8 Å². The lowest BCUT2D eigenvalue weighted by molar-refractivity contribution is 0.112. The minimum atomic E-state index is -1.36. The molecule has 1 atom stereocenters. The van der Waals surface area contributed by atoms with E-state index >= 15 is 0 Å². The fraction of sp³-hybridized carbons (Fsp3) is 0.316. The molecule has 0 aliphatic heterocycles. The molecule has 2 aromatic rings. The van der Waals surface area contributed by atoms with Gasteiger partial charge in [-0.15, -0.1) is 0 Å². The number of aldehydes is 1. The van der Waals surface area contributed by atoms with E-state index in [1.165, 1.54) is 11.1 Å². The van der Waals surface area contributed by atoms with Crippen LogP contribution in [0.3, 0.4) is 0 Å². The maximum Gasteiger partial charge on any atom is 0.151 e. The first-order chi connectivity index (χ1) is 11.3. The van der Waals surface area contributed by atoms with Crippen LogP contribution >= 0.6 is 11.8 Å². The molecular formula is C19H23NO2S2. The van der Waals surface area contributed by atoms with Crippen LogP contribution in [0.1, 0.15) is 41.8 Å². The van der Waals surface area contributed by atoms with Crippen LogP contribution in [-0.2, 0) is 17.8 Å². The molecule has 0 saturated carbocycles. The number of carbonyl (C=O) groups is 1. The zero-order chi connectivity index (χ0) is 17.7. The van der Waals surface area contributed by atoms with Gasteiger partial charge in [0, 0.05) is 33.1 Å². The maximum atomic E-state index is 11.7. The second kappa shape index (κ2) is 8.21. The van der Waals surface area contributed by atoms with Crippen molar-refractivity contribution in [3.05, 3.63) is 59.2 Å². The highest BCUT2D eigenvalue weighted by atomic mass is 32.2. The van der Waals surface area contributed by atoms with E-state index in [4.69, 9.17) is 5.14 Å². The Hall–Kier alpha value is -1.27. The molecule has 0 fully saturated rings. The molecule has 0 spiro atoms. The fourth-order valence-electron chi connectivity index (χ4n) is 2.37. The van der Waals surface area contributed by atoms with Crippen molar-refractivity contribution in [3.63, 3.8) is 0 Å². The lowest BCUT2D eigenvalue weighted by Crippen LogP contribution is -2.38. The highest BCUT2D eigenvalue weighted by molar-refractivity contribution is 7.99. The normalized spacial score (nSPS) is 12.9. The van der Waals surface area contributed by atoms with Gasteiger partial charge >= 0.3 is 0 Å². The van der Waals surface area contributed by atoms with Crippen LogP contribution in [0, 0.1) is 6.92 Å². The summed E-state index contributed by atoms with van der Waals surface area (Å²) in [6, 6.07) is 13.8. The molecule has 0 aromatic heterocycles. The van der Waals surface area contributed by atoms with Gasteiger partial charge < -0.3 is 4.55 Å². The molecule has 0 aliphatic carbocycles. The smallest absolute Gasteiger partial charge is 0.151 e. The monoisotopic (exact) mass is 361 g/mol. The third-order valence-corrected chi connectivity index (χ3v) is 6.77. The molecule has 0 heterocycles. The highest BCUT2D eigenvalue weighted by Gasteiger charge is 2.29. The average molecular weight is 362 g/mol. The summed E-state index contributed by atoms with van der Waals surface area (Å²) in [5.74, 6) is 0. The Morgan fingerprint density at radius 3 is 2.58 bits per heavy atom. The maximum absolute atomic E-state index is 11.7. The van der Waals surface area contributed by atoms with Gasteiger partial charge in [0.2, 0.25) is 0 Å². The van der Waals surface area contributed by atoms with E-state index in [2.05, 4.69) is 19.1 Å². The van der Waals surface area contributed by atoms with Crippen LogP contribution in [0.5, 0.6) is 0 Å². The van der Waals surface area contributed by atoms with Crippen molar-refractivity contribution in [1.82, 2.24) is 0 Å². The minimum absolute atomic E-state index is 0.424. The van der Waals surface area contributed by atoms with Gasteiger partial charge in [-0.3, -0.25) is 4.79 Å². The molecule has 128 valence electrons. The van der Waals surface area contributed by atoms with Crippen LogP contribution in [-0.4, -0.2) is 15.6 Å². The zero-order valence-electron chi connectivity index (χ0n) is 14.2. The first kappa shape index (κ1) is 19.1. The summed E-state index contributed by atoms with van der Waals surface area (Å²) < 4.78 is 11.2. The van der Waals surface area contributed by atoms with Crippen molar-refractivity contribution in [2.24, 2.45) is 5.14 Å². The standard InChI is InChI=1S/C19H23NO2S2/c1-14-7-6-9-15(11-12-19(2,3)24(20)22)18(14)23-17-10-5-4-8-16(17)13-21/h4-10,13H,11-12,20H2,1-3H3. The first-order valence-corrected chi connectivity index (χ1v) is 9.85. The Kier molecular flexibility index (Phi) is 6.52. The van der Waals surface area contributed by atoms with E-state index in [-0.39, 0.29) is 0 Å². The molecule has 24 heavy (non-hydrogen) atoms. The van der Waals surface area contributed by atoms with Crippen LogP contribution < -0.4 is 5.14 Å². The van der Waals surface area contributed by atoms with Crippen LogP contribution in [0.4, 0.5) is 0 Å². The van der Waals surface area contributed by atoms with Crippen molar-refractivity contribution in [2.75, 3.05) is 0 Å². The van der Waals surface area contributed by atoms with Gasteiger partial charge in [-0.05, 0) is 44.4 Å². The van der Waals surface area contributed by atoms with Crippen LogP contribution in [0.25, 0.3) is 0 Å². The Labute approximate surface area is 151 Å². The Balaban J connectivity index is 2.29. The highest BCUT2D eigenvalue weighted by Crippen LogP contribution is 2.36. The van der Waals surface area contributed by atoms with Crippen molar-refractivity contribution in [2.45, 2.75) is 48.2 Å². The summed E-state index contributed by atoms with van der Waals surface area (Å²) >= 11 is 0.255. The number of carbonyl (C=O) groups excluding carboxylic acids is 1. The summed E-state index contributed by atoms with van der Waals surface area (Å²) in [6.07, 6.45) is 2.42. The van der Waals surface area contributed by atoms with E-state index in [9.17, 15) is 9.35 Å². The Morgan fingerprint density at radius 1 is 1.21 bits per heavy atom. The van der Waals surface area contributed by atoms with Gasteiger partial charge in [-0.1, -0.05) is 48.2 Å². The molecule has 5 heteroatoms. The lowest BCUT2D eigenvalue weighted by Gasteiger charge is -2.24. The number of aryl methyl sites for hydroxylation is 2. The third kappa shape index (κ3) is 4.63. The molecule has 2 rings (SSSR count). The Morgan fingerprint density at radius 2 is 1.92 bits per heavy atom. The molecule has 2 N–H and O–H groups in total. The van der Waals surface area contributed by atoms with Gasteiger partial charge in [-0.25, -0.2) is 0 Å². The van der Waals surface area contributed by atoms with Crippen molar-refractivity contribution >= 4 is 29.4 Å². The van der Waals surface area contributed by atoms with E-state index < -0.39 is 16.1 Å². The third-order valence-electron chi connectivity index (χ3n) is 4.09. The molecule has 1 unspecified atom stereocenters. The number of nitrogens with two attached hydrogens (primary N) is 1. The van der Waals surface area contributed by atoms with Gasteiger partial charge in [0.25, 0.3) is 0 Å². The van der Waals surface area contributed by atoms with Crippen molar-refractivity contribution in [1.29, 1.82) is 0 Å². The van der Waals surface area contributed by atoms with Crippen LogP contribution in [0.15, 0.2) is 52.3 Å². The quantitative estimate of drug-likeness (QED) is 0.590. The predicted molar refractivity (Wildman–Crippen MR) is 102 cm³/mol. The predicted octanol–water partition coefficient (Wildman–Crippen LogP) is 4.29. The summed E-state index contributed by atoms with van der Waals surface area (Å²) in [4.78, 5) is 13.4. The number of hydrogen-bond acceptors (Lipinski definition) is 4. The Bertz CT molecular complexity index is 714. The molecule has 0 amide bonds. The molecule has 0 bridgehead atoms. The summed E-state index contributed by atoms with van der Waals surface area (Å²) in [5.41, 5.74) is 3.06. The minimum Gasteiger partial charge on any atom is -0.598 e. The largest absolute Gasteiger partial charge is 0.598 e. The first-order valence-electron chi connectivity index (χ1n) is 7.82. The molecule has 3 nitrogen and oxygen atoms in total.